The highest BCUT2D eigenvalue weighted by Gasteiger charge is 2.16. The molecule has 0 saturated heterocycles. The van der Waals surface area contributed by atoms with Gasteiger partial charge in [0, 0.05) is 5.02 Å². The lowest BCUT2D eigenvalue weighted by Crippen LogP contribution is -2.14. The summed E-state index contributed by atoms with van der Waals surface area (Å²) in [6.07, 6.45) is 4.79. The van der Waals surface area contributed by atoms with Gasteiger partial charge in [-0.25, -0.2) is 4.79 Å². The minimum absolute atomic E-state index is 0.0104. The van der Waals surface area contributed by atoms with Crippen molar-refractivity contribution in [1.82, 2.24) is 0 Å². The molecule has 0 bridgehead atoms. The largest absolute Gasteiger partial charge is 0.478 e. The third kappa shape index (κ3) is 3.38. The Labute approximate surface area is 108 Å². The first-order valence-corrected chi connectivity index (χ1v) is 5.17. The fourth-order valence-electron chi connectivity index (χ4n) is 1.15. The van der Waals surface area contributed by atoms with E-state index in [1.165, 1.54) is 12.1 Å². The summed E-state index contributed by atoms with van der Waals surface area (Å²) >= 11 is 11.5. The maximum atomic E-state index is 11.3. The van der Waals surface area contributed by atoms with Gasteiger partial charge in [-0.15, -0.1) is 6.42 Å². The van der Waals surface area contributed by atoms with E-state index in [4.69, 9.17) is 34.7 Å². The Morgan fingerprint density at radius 1 is 1.41 bits per heavy atom. The molecule has 0 heterocycles. The van der Waals surface area contributed by atoms with Crippen molar-refractivity contribution in [2.24, 2.45) is 0 Å². The maximum Gasteiger partial charge on any atom is 0.337 e. The number of terminal acetylenes is 1. The van der Waals surface area contributed by atoms with Crippen molar-refractivity contribution >= 4 is 40.8 Å². The predicted octanol–water partition coefficient (Wildman–Crippen LogP) is 2.65. The van der Waals surface area contributed by atoms with E-state index in [2.05, 4.69) is 11.2 Å². The number of aromatic carboxylic acids is 1. The molecule has 6 heteroatoms. The number of benzene rings is 1. The zero-order chi connectivity index (χ0) is 13.0. The molecule has 1 aromatic rings. The molecule has 0 aliphatic rings. The summed E-state index contributed by atoms with van der Waals surface area (Å²) in [5.74, 6) is 0.379. The molecule has 1 amide bonds. The molecule has 1 aromatic carbocycles. The SMILES string of the molecule is C#CCC(=O)Nc1c(Cl)cc(Cl)cc1C(=O)O. The summed E-state index contributed by atoms with van der Waals surface area (Å²) in [5.41, 5.74) is -0.198. The smallest absolute Gasteiger partial charge is 0.337 e. The molecule has 0 atom stereocenters. The molecule has 4 nitrogen and oxygen atoms in total. The first kappa shape index (κ1) is 13.4. The lowest BCUT2D eigenvalue weighted by molar-refractivity contribution is -0.115. The van der Waals surface area contributed by atoms with Crippen molar-refractivity contribution in [2.75, 3.05) is 5.32 Å². The number of carbonyl (C=O) groups is 2. The number of anilines is 1. The molecule has 0 saturated carbocycles. The quantitative estimate of drug-likeness (QED) is 0.831. The summed E-state index contributed by atoms with van der Waals surface area (Å²) in [4.78, 5) is 22.2. The Kier molecular flexibility index (Phi) is 4.38. The van der Waals surface area contributed by atoms with Gasteiger partial charge in [0.2, 0.25) is 5.91 Å². The van der Waals surface area contributed by atoms with Crippen LogP contribution in [0.3, 0.4) is 0 Å². The van der Waals surface area contributed by atoms with Crippen molar-refractivity contribution in [3.63, 3.8) is 0 Å². The number of amides is 1. The predicted molar refractivity (Wildman–Crippen MR) is 65.5 cm³/mol. The van der Waals surface area contributed by atoms with Crippen LogP contribution in [0.5, 0.6) is 0 Å². The van der Waals surface area contributed by atoms with E-state index in [1.807, 2.05) is 0 Å². The minimum atomic E-state index is -1.24. The van der Waals surface area contributed by atoms with Gasteiger partial charge in [0.25, 0.3) is 0 Å². The van der Waals surface area contributed by atoms with Gasteiger partial charge in [0.1, 0.15) is 0 Å². The van der Waals surface area contributed by atoms with Crippen LogP contribution in [0.15, 0.2) is 12.1 Å². The monoisotopic (exact) mass is 271 g/mol. The van der Waals surface area contributed by atoms with E-state index in [9.17, 15) is 9.59 Å². The average Bonchev–Trinajstić information content (AvgIpc) is 2.21. The Morgan fingerprint density at radius 3 is 2.59 bits per heavy atom. The number of hydrogen-bond acceptors (Lipinski definition) is 2. The van der Waals surface area contributed by atoms with Gasteiger partial charge in [-0.3, -0.25) is 4.79 Å². The first-order valence-electron chi connectivity index (χ1n) is 4.41. The van der Waals surface area contributed by atoms with Crippen molar-refractivity contribution < 1.29 is 14.7 Å². The van der Waals surface area contributed by atoms with Crippen LogP contribution < -0.4 is 5.32 Å². The van der Waals surface area contributed by atoms with Crippen LogP contribution in [0, 0.1) is 12.3 Å². The second kappa shape index (κ2) is 5.58. The Hall–Kier alpha value is -1.70. The fraction of sp³-hybridized carbons (Fsp3) is 0.0909. The van der Waals surface area contributed by atoms with Crippen LogP contribution in [0.1, 0.15) is 16.8 Å². The highest BCUT2D eigenvalue weighted by atomic mass is 35.5. The van der Waals surface area contributed by atoms with Crippen LogP contribution in [0.2, 0.25) is 10.0 Å². The van der Waals surface area contributed by atoms with Gasteiger partial charge in [0.15, 0.2) is 0 Å². The molecule has 0 spiro atoms. The number of carboxylic acid groups (broad SMARTS) is 1. The number of hydrogen-bond donors (Lipinski definition) is 2. The molecule has 88 valence electrons. The third-order valence-corrected chi connectivity index (χ3v) is 2.33. The van der Waals surface area contributed by atoms with Gasteiger partial charge < -0.3 is 10.4 Å². The normalized spacial score (nSPS) is 9.47. The molecule has 0 fully saturated rings. The van der Waals surface area contributed by atoms with Crippen LogP contribution in [0.4, 0.5) is 5.69 Å². The molecule has 0 radical (unpaired) electrons. The van der Waals surface area contributed by atoms with Gasteiger partial charge in [-0.1, -0.05) is 29.1 Å². The van der Waals surface area contributed by atoms with Crippen LogP contribution in [-0.2, 0) is 4.79 Å². The topological polar surface area (TPSA) is 66.4 Å². The Bertz CT molecular complexity index is 520. The molecular formula is C11H7Cl2NO3. The summed E-state index contributed by atoms with van der Waals surface area (Å²) in [5, 5.41) is 11.5. The summed E-state index contributed by atoms with van der Waals surface area (Å²) in [6, 6.07) is 2.53. The maximum absolute atomic E-state index is 11.3. The molecule has 2 N–H and O–H groups in total. The van der Waals surface area contributed by atoms with E-state index >= 15 is 0 Å². The van der Waals surface area contributed by atoms with Crippen LogP contribution in [0.25, 0.3) is 0 Å². The summed E-state index contributed by atoms with van der Waals surface area (Å²) < 4.78 is 0. The van der Waals surface area contributed by atoms with Gasteiger partial charge in [-0.2, -0.15) is 0 Å². The summed E-state index contributed by atoms with van der Waals surface area (Å²) in [6.45, 7) is 0. The summed E-state index contributed by atoms with van der Waals surface area (Å²) in [7, 11) is 0. The molecule has 0 unspecified atom stereocenters. The number of carboxylic acids is 1. The molecule has 17 heavy (non-hydrogen) atoms. The first-order chi connectivity index (χ1) is 7.95. The van der Waals surface area contributed by atoms with E-state index in [1.54, 1.807) is 0 Å². The average molecular weight is 272 g/mol. The number of halogens is 2. The van der Waals surface area contributed by atoms with Gasteiger partial charge >= 0.3 is 5.97 Å². The lowest BCUT2D eigenvalue weighted by atomic mass is 10.1. The number of carbonyl (C=O) groups excluding carboxylic acids is 1. The van der Waals surface area contributed by atoms with E-state index in [0.29, 0.717) is 0 Å². The Morgan fingerprint density at radius 2 is 2.06 bits per heavy atom. The van der Waals surface area contributed by atoms with Crippen molar-refractivity contribution in [1.29, 1.82) is 0 Å². The fourth-order valence-corrected chi connectivity index (χ4v) is 1.69. The van der Waals surface area contributed by atoms with E-state index < -0.39 is 11.9 Å². The van der Waals surface area contributed by atoms with Crippen LogP contribution in [-0.4, -0.2) is 17.0 Å². The van der Waals surface area contributed by atoms with Crippen molar-refractivity contribution in [2.45, 2.75) is 6.42 Å². The molecule has 0 aromatic heterocycles. The second-order valence-corrected chi connectivity index (χ2v) is 3.89. The molecule has 0 aliphatic heterocycles. The standard InChI is InChI=1S/C11H7Cl2NO3/c1-2-3-9(15)14-10-7(11(16)17)4-6(12)5-8(10)13/h1,4-5H,3H2,(H,14,15)(H,16,17). The van der Waals surface area contributed by atoms with Gasteiger partial charge in [0.05, 0.1) is 22.7 Å². The van der Waals surface area contributed by atoms with E-state index in [0.717, 1.165) is 0 Å². The number of rotatable bonds is 3. The second-order valence-electron chi connectivity index (χ2n) is 3.04. The highest BCUT2D eigenvalue weighted by Crippen LogP contribution is 2.30. The van der Waals surface area contributed by atoms with Gasteiger partial charge in [-0.05, 0) is 12.1 Å². The zero-order valence-electron chi connectivity index (χ0n) is 8.46. The minimum Gasteiger partial charge on any atom is -0.478 e. The van der Waals surface area contributed by atoms with Crippen molar-refractivity contribution in [3.8, 4) is 12.3 Å². The number of nitrogens with one attached hydrogen (secondary N) is 1. The third-order valence-electron chi connectivity index (χ3n) is 1.81. The highest BCUT2D eigenvalue weighted by molar-refractivity contribution is 6.37. The molecular weight excluding hydrogens is 265 g/mol. The molecule has 1 rings (SSSR count). The van der Waals surface area contributed by atoms with Crippen LogP contribution >= 0.6 is 23.2 Å². The van der Waals surface area contributed by atoms with Crippen molar-refractivity contribution in [3.05, 3.63) is 27.7 Å². The Balaban J connectivity index is 3.18. The molecule has 0 aliphatic carbocycles. The zero-order valence-corrected chi connectivity index (χ0v) is 9.97. The van der Waals surface area contributed by atoms with E-state index in [-0.39, 0.29) is 27.7 Å². The lowest BCUT2D eigenvalue weighted by Gasteiger charge is -2.10.